The molecule has 1 unspecified atom stereocenters. The van der Waals surface area contributed by atoms with Gasteiger partial charge in [-0.1, -0.05) is 34.6 Å². The minimum Gasteiger partial charge on any atom is -0.393 e. The molecule has 1 aliphatic heterocycles. The van der Waals surface area contributed by atoms with E-state index in [1.54, 1.807) is 0 Å². The Hall–Kier alpha value is -0.410. The maximum Gasteiger partial charge on any atom is 0.397 e. The third-order valence-electron chi connectivity index (χ3n) is 13.0. The largest absolute Gasteiger partial charge is 0.397 e. The quantitative estimate of drug-likeness (QED) is 0.202. The normalized spacial score (nSPS) is 49.2. The molecular weight excluding hydrogens is 592 g/mol. The second-order valence-electron chi connectivity index (χ2n) is 15.8. The van der Waals surface area contributed by atoms with Crippen molar-refractivity contribution in [3.05, 3.63) is 0 Å². The fourth-order valence-electron chi connectivity index (χ4n) is 10.8. The zero-order chi connectivity index (χ0) is 32.4. The van der Waals surface area contributed by atoms with Gasteiger partial charge in [-0.2, -0.15) is 8.42 Å². The molecule has 5 fully saturated rings. The van der Waals surface area contributed by atoms with Crippen molar-refractivity contribution in [3.8, 4) is 0 Å². The Bertz CT molecular complexity index is 1100. The van der Waals surface area contributed by atoms with Gasteiger partial charge in [0.2, 0.25) is 0 Å². The highest BCUT2D eigenvalue weighted by molar-refractivity contribution is 7.80. The van der Waals surface area contributed by atoms with Crippen LogP contribution in [0.15, 0.2) is 0 Å². The fraction of sp³-hybridized carbons (Fsp3) is 1.00. The van der Waals surface area contributed by atoms with Gasteiger partial charge < -0.3 is 35.0 Å². The number of ether oxygens (including phenoxy) is 2. The van der Waals surface area contributed by atoms with Crippen LogP contribution in [0.2, 0.25) is 0 Å². The molecule has 0 spiro atoms. The van der Waals surface area contributed by atoms with Crippen LogP contribution in [0, 0.1) is 52.3 Å². The first-order chi connectivity index (χ1) is 20.5. The third kappa shape index (κ3) is 6.51. The van der Waals surface area contributed by atoms with Crippen molar-refractivity contribution in [1.29, 1.82) is 0 Å². The maximum absolute atomic E-state index is 12.1. The van der Waals surface area contributed by atoms with Gasteiger partial charge in [0.25, 0.3) is 0 Å². The van der Waals surface area contributed by atoms with Crippen LogP contribution in [0.5, 0.6) is 0 Å². The summed E-state index contributed by atoms with van der Waals surface area (Å²) in [6.45, 7) is 10.6. The van der Waals surface area contributed by atoms with E-state index in [0.717, 1.165) is 25.7 Å². The van der Waals surface area contributed by atoms with Crippen molar-refractivity contribution >= 4 is 10.4 Å². The molecule has 11 nitrogen and oxygen atoms in total. The molecule has 0 aromatic rings. The van der Waals surface area contributed by atoms with Gasteiger partial charge in [0, 0.05) is 0 Å². The SMILES string of the molecule is CC(C)[C@H](CC[C@@H](C)[C@H]1C[C@H](OS(=O)(=O)O)[C@H]2[C@@H]3C[C@H](O)C4C[C@@H](O)CC[C@]4(C)[C@H]3CC[C@@]21C)O[C@@H]1OC[C@@H](O)[C@H](O)[C@H]1O. The van der Waals surface area contributed by atoms with E-state index in [4.69, 9.17) is 13.7 Å². The molecule has 0 radical (unpaired) electrons. The fourth-order valence-corrected chi connectivity index (χ4v) is 11.3. The second-order valence-corrected chi connectivity index (χ2v) is 16.9. The molecule has 0 amide bonds. The summed E-state index contributed by atoms with van der Waals surface area (Å²) in [6, 6.07) is 0. The van der Waals surface area contributed by atoms with Crippen molar-refractivity contribution < 1.29 is 52.2 Å². The monoisotopic (exact) mass is 648 g/mol. The number of hydrogen-bond donors (Lipinski definition) is 6. The van der Waals surface area contributed by atoms with Crippen LogP contribution in [-0.2, 0) is 24.1 Å². The minimum atomic E-state index is -4.69. The van der Waals surface area contributed by atoms with E-state index < -0.39 is 53.3 Å². The Balaban J connectivity index is 1.34. The topological polar surface area (TPSA) is 183 Å². The molecule has 44 heavy (non-hydrogen) atoms. The van der Waals surface area contributed by atoms with Crippen LogP contribution in [-0.4, -0.2) is 94.1 Å². The second kappa shape index (κ2) is 12.9. The predicted molar refractivity (Wildman–Crippen MR) is 160 cm³/mol. The van der Waals surface area contributed by atoms with E-state index in [-0.39, 0.29) is 65.0 Å². The van der Waals surface area contributed by atoms with Gasteiger partial charge in [0.1, 0.15) is 18.3 Å². The van der Waals surface area contributed by atoms with Gasteiger partial charge in [0.05, 0.1) is 31.0 Å². The Labute approximate surface area is 262 Å². The molecule has 4 aliphatic carbocycles. The number of aliphatic hydroxyl groups excluding tert-OH is 5. The van der Waals surface area contributed by atoms with Crippen LogP contribution in [0.1, 0.15) is 92.4 Å². The summed E-state index contributed by atoms with van der Waals surface area (Å²) in [5, 5.41) is 52.2. The Morgan fingerprint density at radius 1 is 0.864 bits per heavy atom. The van der Waals surface area contributed by atoms with Crippen molar-refractivity contribution in [2.45, 2.75) is 141 Å². The lowest BCUT2D eigenvalue weighted by atomic mass is 9.43. The molecule has 16 atom stereocenters. The molecule has 5 rings (SSSR count). The average Bonchev–Trinajstić information content (AvgIpc) is 3.22. The van der Waals surface area contributed by atoms with Crippen molar-refractivity contribution in [3.63, 3.8) is 0 Å². The van der Waals surface area contributed by atoms with Gasteiger partial charge >= 0.3 is 10.4 Å². The molecule has 0 bridgehead atoms. The summed E-state index contributed by atoms with van der Waals surface area (Å²) < 4.78 is 51.2. The van der Waals surface area contributed by atoms with E-state index in [2.05, 4.69) is 20.8 Å². The van der Waals surface area contributed by atoms with E-state index >= 15 is 0 Å². The molecule has 1 heterocycles. The van der Waals surface area contributed by atoms with Crippen LogP contribution in [0.4, 0.5) is 0 Å². The maximum atomic E-state index is 12.1. The summed E-state index contributed by atoms with van der Waals surface area (Å²) >= 11 is 0. The first-order valence-corrected chi connectivity index (χ1v) is 18.2. The molecule has 5 aliphatic rings. The zero-order valence-corrected chi connectivity index (χ0v) is 27.7. The predicted octanol–water partition coefficient (Wildman–Crippen LogP) is 2.67. The summed E-state index contributed by atoms with van der Waals surface area (Å²) in [5.41, 5.74) is -0.406. The highest BCUT2D eigenvalue weighted by Crippen LogP contribution is 2.69. The van der Waals surface area contributed by atoms with Gasteiger partial charge in [-0.15, -0.1) is 0 Å². The van der Waals surface area contributed by atoms with Gasteiger partial charge in [-0.05, 0) is 110 Å². The Morgan fingerprint density at radius 2 is 1.55 bits per heavy atom. The Morgan fingerprint density at radius 3 is 2.20 bits per heavy atom. The molecule has 12 heteroatoms. The Kier molecular flexibility index (Phi) is 10.2. The molecule has 0 aromatic heterocycles. The molecule has 4 saturated carbocycles. The van der Waals surface area contributed by atoms with E-state index in [0.29, 0.717) is 32.1 Å². The zero-order valence-electron chi connectivity index (χ0n) is 26.9. The van der Waals surface area contributed by atoms with Crippen LogP contribution < -0.4 is 0 Å². The minimum absolute atomic E-state index is 0.0120. The third-order valence-corrected chi connectivity index (χ3v) is 13.5. The van der Waals surface area contributed by atoms with E-state index in [1.165, 1.54) is 0 Å². The lowest BCUT2D eigenvalue weighted by Gasteiger charge is -2.62. The van der Waals surface area contributed by atoms with E-state index in [1.807, 2.05) is 13.8 Å². The lowest BCUT2D eigenvalue weighted by molar-refractivity contribution is -0.286. The summed E-state index contributed by atoms with van der Waals surface area (Å²) in [4.78, 5) is 0. The molecule has 6 N–H and O–H groups in total. The summed E-state index contributed by atoms with van der Waals surface area (Å²) in [7, 11) is -4.69. The smallest absolute Gasteiger partial charge is 0.393 e. The van der Waals surface area contributed by atoms with Crippen molar-refractivity contribution in [1.82, 2.24) is 0 Å². The van der Waals surface area contributed by atoms with Crippen LogP contribution in [0.25, 0.3) is 0 Å². The summed E-state index contributed by atoms with van der Waals surface area (Å²) in [6.07, 6.45) is -0.441. The molecule has 0 aromatic carbocycles. The first-order valence-electron chi connectivity index (χ1n) is 16.8. The van der Waals surface area contributed by atoms with Gasteiger partial charge in [0.15, 0.2) is 6.29 Å². The standard InChI is InChI=1S/C32H56O11S/c1-16(2)25(42-30-29(37)28(36)24(35)15-41-30)7-6-17(3)21-14-26(43-44(38,39)40)27-19-13-23(34)22-12-18(33)8-10-31(22,4)20(19)9-11-32(21,27)5/h16-30,33-37H,6-15H2,1-5H3,(H,38,39,40)/t17-,18+,19-,20+,21-,22?,23+,24-,25+,26+,27-,28+,29-,30+,31-,32-/m1/s1. The van der Waals surface area contributed by atoms with Crippen molar-refractivity contribution in [2.24, 2.45) is 52.3 Å². The molecule has 1 saturated heterocycles. The molecular formula is C32H56O11S. The number of hydrogen-bond acceptors (Lipinski definition) is 10. The summed E-state index contributed by atoms with van der Waals surface area (Å²) in [5.74, 6) is 0.540. The highest BCUT2D eigenvalue weighted by atomic mass is 32.3. The van der Waals surface area contributed by atoms with Crippen LogP contribution in [0.3, 0.4) is 0 Å². The van der Waals surface area contributed by atoms with Gasteiger partial charge in [-0.3, -0.25) is 4.55 Å². The van der Waals surface area contributed by atoms with E-state index in [9.17, 15) is 38.5 Å². The number of rotatable bonds is 9. The number of fused-ring (bicyclic) bond motifs is 5. The lowest BCUT2D eigenvalue weighted by Crippen LogP contribution is -2.59. The van der Waals surface area contributed by atoms with Gasteiger partial charge in [-0.25, -0.2) is 4.18 Å². The average molecular weight is 649 g/mol. The van der Waals surface area contributed by atoms with Crippen molar-refractivity contribution in [2.75, 3.05) is 6.61 Å². The number of aliphatic hydroxyl groups is 5. The van der Waals surface area contributed by atoms with Crippen LogP contribution >= 0.6 is 0 Å². The highest BCUT2D eigenvalue weighted by Gasteiger charge is 2.65. The first kappa shape index (κ1) is 34.9. The molecule has 256 valence electrons.